The minimum Gasteiger partial charge on any atom is -0.348 e. The monoisotopic (exact) mass is 406 g/mol. The molecule has 2 heterocycles. The first-order valence-electron chi connectivity index (χ1n) is 9.08. The molecule has 1 atom stereocenters. The number of rotatable bonds is 5. The number of amides is 1. The Bertz CT molecular complexity index is 964. The maximum absolute atomic E-state index is 13.0. The van der Waals surface area contributed by atoms with Crippen molar-refractivity contribution in [1.29, 1.82) is 0 Å². The Morgan fingerprint density at radius 3 is 2.68 bits per heavy atom. The molecular formula is C19H23FN4O3S. The number of piperidine rings is 1. The standard InChI is InChI=1S/C19H23FN4O3S/c1-13-21-12-16(19(25)22-11-14-6-8-15(20)9-7-14)18(23-13)17-5-3-4-10-24(17)28(2,26)27/h6-9,12,17H,3-5,10-11H2,1-2H3,(H,22,25). The molecule has 1 aliphatic rings. The second-order valence-electron chi connectivity index (χ2n) is 6.91. The highest BCUT2D eigenvalue weighted by Gasteiger charge is 2.34. The molecule has 7 nitrogen and oxygen atoms in total. The SMILES string of the molecule is Cc1ncc(C(=O)NCc2ccc(F)cc2)c(C2CCCCN2S(C)(=O)=O)n1. The van der Waals surface area contributed by atoms with Crippen molar-refractivity contribution in [3.8, 4) is 0 Å². The van der Waals surface area contributed by atoms with Crippen LogP contribution in [0.3, 0.4) is 0 Å². The highest BCUT2D eigenvalue weighted by atomic mass is 32.2. The lowest BCUT2D eigenvalue weighted by atomic mass is 9.98. The summed E-state index contributed by atoms with van der Waals surface area (Å²) in [5.74, 6) is -0.259. The number of hydrogen-bond acceptors (Lipinski definition) is 5. The summed E-state index contributed by atoms with van der Waals surface area (Å²) in [6.45, 7) is 2.33. The molecule has 0 spiro atoms. The minimum atomic E-state index is -3.43. The Balaban J connectivity index is 1.87. The Labute approximate surface area is 164 Å². The van der Waals surface area contributed by atoms with Gasteiger partial charge in [0.1, 0.15) is 11.6 Å². The van der Waals surface area contributed by atoms with E-state index in [4.69, 9.17) is 0 Å². The van der Waals surface area contributed by atoms with Crippen LogP contribution in [0, 0.1) is 12.7 Å². The number of halogens is 1. The molecule has 1 fully saturated rings. The summed E-state index contributed by atoms with van der Waals surface area (Å²) >= 11 is 0. The van der Waals surface area contributed by atoms with E-state index in [0.717, 1.165) is 18.4 Å². The van der Waals surface area contributed by atoms with Gasteiger partial charge in [-0.1, -0.05) is 18.6 Å². The van der Waals surface area contributed by atoms with Gasteiger partial charge in [0.15, 0.2) is 0 Å². The van der Waals surface area contributed by atoms with Gasteiger partial charge in [0.2, 0.25) is 10.0 Å². The van der Waals surface area contributed by atoms with Crippen LogP contribution in [0.25, 0.3) is 0 Å². The van der Waals surface area contributed by atoms with E-state index in [2.05, 4.69) is 15.3 Å². The maximum atomic E-state index is 13.0. The summed E-state index contributed by atoms with van der Waals surface area (Å²) in [5.41, 5.74) is 1.43. The van der Waals surface area contributed by atoms with Gasteiger partial charge in [0.25, 0.3) is 5.91 Å². The van der Waals surface area contributed by atoms with Crippen LogP contribution in [-0.4, -0.2) is 41.4 Å². The second-order valence-corrected chi connectivity index (χ2v) is 8.85. The van der Waals surface area contributed by atoms with Crippen molar-refractivity contribution < 1.29 is 17.6 Å². The fourth-order valence-corrected chi connectivity index (χ4v) is 4.50. The molecule has 1 aliphatic heterocycles. The van der Waals surface area contributed by atoms with Crippen LogP contribution >= 0.6 is 0 Å². The number of aryl methyl sites for hydroxylation is 1. The molecule has 0 saturated carbocycles. The van der Waals surface area contributed by atoms with Gasteiger partial charge in [-0.05, 0) is 37.5 Å². The fourth-order valence-electron chi connectivity index (χ4n) is 3.37. The fraction of sp³-hybridized carbons (Fsp3) is 0.421. The molecule has 1 aromatic heterocycles. The molecule has 1 N–H and O–H groups in total. The van der Waals surface area contributed by atoms with Gasteiger partial charge in [-0.25, -0.2) is 22.8 Å². The van der Waals surface area contributed by atoms with Crippen LogP contribution in [-0.2, 0) is 16.6 Å². The highest BCUT2D eigenvalue weighted by molar-refractivity contribution is 7.88. The van der Waals surface area contributed by atoms with Gasteiger partial charge in [-0.15, -0.1) is 0 Å². The van der Waals surface area contributed by atoms with Gasteiger partial charge >= 0.3 is 0 Å². The Kier molecular flexibility index (Phi) is 6.04. The number of aromatic nitrogens is 2. The Morgan fingerprint density at radius 1 is 1.29 bits per heavy atom. The van der Waals surface area contributed by atoms with E-state index in [1.165, 1.54) is 28.9 Å². The first-order chi connectivity index (χ1) is 13.3. The summed E-state index contributed by atoms with van der Waals surface area (Å²) < 4.78 is 38.9. The average Bonchev–Trinajstić information content (AvgIpc) is 2.66. The van der Waals surface area contributed by atoms with E-state index in [1.807, 2.05) is 0 Å². The Morgan fingerprint density at radius 2 is 2.00 bits per heavy atom. The molecule has 1 saturated heterocycles. The molecule has 0 bridgehead atoms. The van der Waals surface area contributed by atoms with Crippen LogP contribution in [0.1, 0.15) is 52.7 Å². The zero-order valence-electron chi connectivity index (χ0n) is 15.9. The number of sulfonamides is 1. The van der Waals surface area contributed by atoms with Crippen LogP contribution in [0.15, 0.2) is 30.5 Å². The average molecular weight is 406 g/mol. The first kappa shape index (κ1) is 20.3. The number of nitrogens with one attached hydrogen (secondary N) is 1. The molecule has 1 aromatic carbocycles. The maximum Gasteiger partial charge on any atom is 0.255 e. The highest BCUT2D eigenvalue weighted by Crippen LogP contribution is 2.33. The molecule has 1 amide bonds. The van der Waals surface area contributed by atoms with Crippen molar-refractivity contribution in [3.63, 3.8) is 0 Å². The van der Waals surface area contributed by atoms with Crippen LogP contribution < -0.4 is 5.32 Å². The van der Waals surface area contributed by atoms with Crippen LogP contribution in [0.5, 0.6) is 0 Å². The number of nitrogens with zero attached hydrogens (tertiary/aromatic N) is 3. The Hall–Kier alpha value is -2.39. The largest absolute Gasteiger partial charge is 0.348 e. The van der Waals surface area contributed by atoms with Gasteiger partial charge in [-0.3, -0.25) is 4.79 Å². The van der Waals surface area contributed by atoms with Gasteiger partial charge in [0.05, 0.1) is 23.6 Å². The van der Waals surface area contributed by atoms with Crippen LogP contribution in [0.2, 0.25) is 0 Å². The zero-order valence-corrected chi connectivity index (χ0v) is 16.7. The quantitative estimate of drug-likeness (QED) is 0.823. The summed E-state index contributed by atoms with van der Waals surface area (Å²) in [5, 5.41) is 2.78. The van der Waals surface area contributed by atoms with Crippen molar-refractivity contribution in [2.45, 2.75) is 38.8 Å². The van der Waals surface area contributed by atoms with E-state index in [9.17, 15) is 17.6 Å². The zero-order chi connectivity index (χ0) is 20.3. The number of benzene rings is 1. The van der Waals surface area contributed by atoms with Crippen molar-refractivity contribution >= 4 is 15.9 Å². The summed E-state index contributed by atoms with van der Waals surface area (Å²) in [6, 6.07) is 5.35. The van der Waals surface area contributed by atoms with Gasteiger partial charge in [-0.2, -0.15) is 4.31 Å². The van der Waals surface area contributed by atoms with E-state index in [1.54, 1.807) is 19.1 Å². The molecule has 28 heavy (non-hydrogen) atoms. The van der Waals surface area contributed by atoms with Gasteiger partial charge in [0, 0.05) is 19.3 Å². The van der Waals surface area contributed by atoms with Crippen LogP contribution in [0.4, 0.5) is 4.39 Å². The second kappa shape index (κ2) is 8.32. The summed E-state index contributed by atoms with van der Waals surface area (Å²) in [6.07, 6.45) is 4.85. The first-order valence-corrected chi connectivity index (χ1v) is 10.9. The summed E-state index contributed by atoms with van der Waals surface area (Å²) in [7, 11) is -3.43. The number of carbonyl (C=O) groups is 1. The van der Waals surface area contributed by atoms with Crippen molar-refractivity contribution in [3.05, 3.63) is 58.9 Å². The lowest BCUT2D eigenvalue weighted by Gasteiger charge is -2.34. The molecule has 9 heteroatoms. The normalized spacial score (nSPS) is 18.0. The molecular weight excluding hydrogens is 383 g/mol. The predicted octanol–water partition coefficient (Wildman–Crippen LogP) is 2.34. The topological polar surface area (TPSA) is 92.3 Å². The summed E-state index contributed by atoms with van der Waals surface area (Å²) in [4.78, 5) is 21.3. The molecule has 2 aromatic rings. The van der Waals surface area contributed by atoms with E-state index in [-0.39, 0.29) is 17.9 Å². The molecule has 3 rings (SSSR count). The van der Waals surface area contributed by atoms with Crippen molar-refractivity contribution in [1.82, 2.24) is 19.6 Å². The van der Waals surface area contributed by atoms with E-state index >= 15 is 0 Å². The number of carbonyl (C=O) groups excluding carboxylic acids is 1. The predicted molar refractivity (Wildman–Crippen MR) is 102 cm³/mol. The molecule has 0 radical (unpaired) electrons. The lowest BCUT2D eigenvalue weighted by molar-refractivity contribution is 0.0946. The molecule has 0 aliphatic carbocycles. The van der Waals surface area contributed by atoms with Crippen molar-refractivity contribution in [2.24, 2.45) is 0 Å². The van der Waals surface area contributed by atoms with E-state index < -0.39 is 22.0 Å². The third-order valence-corrected chi connectivity index (χ3v) is 6.03. The van der Waals surface area contributed by atoms with Crippen molar-refractivity contribution in [2.75, 3.05) is 12.8 Å². The van der Waals surface area contributed by atoms with Gasteiger partial charge < -0.3 is 5.32 Å². The minimum absolute atomic E-state index is 0.215. The number of hydrogen-bond donors (Lipinski definition) is 1. The third kappa shape index (κ3) is 4.71. The lowest BCUT2D eigenvalue weighted by Crippen LogP contribution is -2.39. The van der Waals surface area contributed by atoms with E-state index in [0.29, 0.717) is 24.5 Å². The smallest absolute Gasteiger partial charge is 0.255 e. The third-order valence-electron chi connectivity index (χ3n) is 4.74. The molecule has 150 valence electrons. The molecule has 1 unspecified atom stereocenters.